The maximum absolute atomic E-state index is 13.5. The van der Waals surface area contributed by atoms with Gasteiger partial charge in [0.2, 0.25) is 10.0 Å². The predicted octanol–water partition coefficient (Wildman–Crippen LogP) is 4.50. The number of aryl methyl sites for hydroxylation is 1. The van der Waals surface area contributed by atoms with E-state index in [-0.39, 0.29) is 16.3 Å². The molecule has 0 atom stereocenters. The first-order chi connectivity index (χ1) is 18.3. The zero-order valence-corrected chi connectivity index (χ0v) is 21.6. The summed E-state index contributed by atoms with van der Waals surface area (Å²) in [6.45, 7) is 3.03. The Morgan fingerprint density at radius 3 is 2.18 bits per heavy atom. The van der Waals surface area contributed by atoms with Gasteiger partial charge in [0.15, 0.2) is 5.65 Å². The number of amides is 1. The van der Waals surface area contributed by atoms with E-state index in [2.05, 4.69) is 5.32 Å². The van der Waals surface area contributed by atoms with Crippen molar-refractivity contribution in [1.29, 1.82) is 0 Å². The van der Waals surface area contributed by atoms with Gasteiger partial charge in [-0.3, -0.25) is 9.36 Å². The zero-order valence-electron chi connectivity index (χ0n) is 20.8. The van der Waals surface area contributed by atoms with Crippen LogP contribution in [0.1, 0.15) is 28.8 Å². The molecule has 1 saturated heterocycles. The van der Waals surface area contributed by atoms with Crippen LogP contribution in [0.2, 0.25) is 0 Å². The number of nitrogens with zero attached hydrogens (tertiary/aromatic N) is 4. The smallest absolute Gasteiger partial charge is 0.261 e. The number of nitrogen functional groups attached to an aromatic ring is 1. The molecule has 9 nitrogen and oxygen atoms in total. The van der Waals surface area contributed by atoms with Crippen molar-refractivity contribution in [3.05, 3.63) is 83.9 Å². The Morgan fingerprint density at radius 2 is 1.53 bits per heavy atom. The van der Waals surface area contributed by atoms with Crippen LogP contribution in [0, 0.1) is 6.92 Å². The Morgan fingerprint density at radius 1 is 0.895 bits per heavy atom. The fourth-order valence-corrected chi connectivity index (χ4v) is 6.34. The molecule has 1 aliphatic rings. The number of rotatable bonds is 5. The van der Waals surface area contributed by atoms with Gasteiger partial charge in [-0.25, -0.2) is 18.4 Å². The van der Waals surface area contributed by atoms with Crippen molar-refractivity contribution in [2.24, 2.45) is 0 Å². The van der Waals surface area contributed by atoms with Crippen molar-refractivity contribution in [1.82, 2.24) is 18.8 Å². The number of para-hydroxylation sites is 2. The average Bonchev–Trinajstić information content (AvgIpc) is 3.55. The van der Waals surface area contributed by atoms with Crippen LogP contribution in [0.3, 0.4) is 0 Å². The first-order valence-electron chi connectivity index (χ1n) is 12.4. The molecule has 1 aliphatic heterocycles. The Kier molecular flexibility index (Phi) is 5.85. The van der Waals surface area contributed by atoms with Gasteiger partial charge in [0.1, 0.15) is 16.9 Å². The standard InChI is InChI=1S/C28H26N6O3S/c1-18-8-10-19(11-9-18)30-28(35)24-25-27(32-23-7-3-2-6-22(23)31-25)34(26(24)29)20-12-14-21(15-13-20)38(36,37)33-16-4-5-17-33/h2-3,6-15H,4-5,16-17,29H2,1H3,(H,30,35). The van der Waals surface area contributed by atoms with E-state index in [1.165, 1.54) is 4.31 Å². The first-order valence-corrected chi connectivity index (χ1v) is 13.8. The third-order valence-electron chi connectivity index (χ3n) is 6.83. The van der Waals surface area contributed by atoms with Crippen LogP contribution in [0.25, 0.3) is 27.9 Å². The summed E-state index contributed by atoms with van der Waals surface area (Å²) in [7, 11) is -3.56. The zero-order chi connectivity index (χ0) is 26.4. The second-order valence-electron chi connectivity index (χ2n) is 9.41. The first kappa shape index (κ1) is 24.1. The lowest BCUT2D eigenvalue weighted by atomic mass is 10.2. The molecule has 0 saturated carbocycles. The van der Waals surface area contributed by atoms with Crippen LogP contribution in [-0.2, 0) is 10.0 Å². The van der Waals surface area contributed by atoms with Gasteiger partial charge in [0, 0.05) is 24.5 Å². The molecule has 0 bridgehead atoms. The highest BCUT2D eigenvalue weighted by atomic mass is 32.2. The fraction of sp³-hybridized carbons (Fsp3) is 0.179. The van der Waals surface area contributed by atoms with Gasteiger partial charge in [-0.05, 0) is 68.3 Å². The Hall–Kier alpha value is -4.28. The van der Waals surface area contributed by atoms with Gasteiger partial charge in [0.05, 0.1) is 15.9 Å². The lowest BCUT2D eigenvalue weighted by Crippen LogP contribution is -2.27. The number of fused-ring (bicyclic) bond motifs is 2. The Bertz CT molecular complexity index is 1790. The van der Waals surface area contributed by atoms with E-state index in [1.54, 1.807) is 28.8 Å². The van der Waals surface area contributed by atoms with Crippen LogP contribution >= 0.6 is 0 Å². The van der Waals surface area contributed by atoms with E-state index in [9.17, 15) is 13.2 Å². The number of carbonyl (C=O) groups is 1. The second-order valence-corrected chi connectivity index (χ2v) is 11.3. The average molecular weight is 527 g/mol. The summed E-state index contributed by atoms with van der Waals surface area (Å²) in [5, 5.41) is 2.91. The molecule has 3 heterocycles. The molecule has 6 rings (SSSR count). The van der Waals surface area contributed by atoms with Gasteiger partial charge < -0.3 is 11.1 Å². The predicted molar refractivity (Wildman–Crippen MR) is 148 cm³/mol. The third-order valence-corrected chi connectivity index (χ3v) is 8.74. The van der Waals surface area contributed by atoms with Crippen LogP contribution in [-0.4, -0.2) is 46.3 Å². The SMILES string of the molecule is Cc1ccc(NC(=O)c2c(N)n(-c3ccc(S(=O)(=O)N4CCCC4)cc3)c3nc4ccccc4nc23)cc1. The van der Waals surface area contributed by atoms with E-state index >= 15 is 0 Å². The number of hydrogen-bond acceptors (Lipinski definition) is 6. The monoisotopic (exact) mass is 526 g/mol. The number of nitrogens with two attached hydrogens (primary N) is 1. The van der Waals surface area contributed by atoms with Crippen molar-refractivity contribution in [2.45, 2.75) is 24.7 Å². The molecule has 1 fully saturated rings. The number of aromatic nitrogens is 3. The number of benzene rings is 3. The minimum absolute atomic E-state index is 0.162. The highest BCUT2D eigenvalue weighted by Crippen LogP contribution is 2.32. The molecule has 1 amide bonds. The minimum Gasteiger partial charge on any atom is -0.384 e. The molecule has 0 spiro atoms. The maximum Gasteiger partial charge on any atom is 0.261 e. The van der Waals surface area contributed by atoms with Gasteiger partial charge in [-0.1, -0.05) is 29.8 Å². The molecule has 0 unspecified atom stereocenters. The number of anilines is 2. The highest BCUT2D eigenvalue weighted by Gasteiger charge is 2.28. The third kappa shape index (κ3) is 4.07. The minimum atomic E-state index is -3.56. The Labute approximate surface area is 220 Å². The van der Waals surface area contributed by atoms with Crippen LogP contribution in [0.5, 0.6) is 0 Å². The molecule has 0 aliphatic carbocycles. The van der Waals surface area contributed by atoms with E-state index < -0.39 is 15.9 Å². The fourth-order valence-electron chi connectivity index (χ4n) is 4.82. The second kappa shape index (κ2) is 9.23. The summed E-state index contributed by atoms with van der Waals surface area (Å²) in [6.07, 6.45) is 1.73. The summed E-state index contributed by atoms with van der Waals surface area (Å²) in [5.41, 5.74) is 11.1. The molecular weight excluding hydrogens is 500 g/mol. The quantitative estimate of drug-likeness (QED) is 0.348. The summed E-state index contributed by atoms with van der Waals surface area (Å²) in [4.78, 5) is 23.2. The molecule has 192 valence electrons. The van der Waals surface area contributed by atoms with Crippen LogP contribution in [0.15, 0.2) is 77.7 Å². The van der Waals surface area contributed by atoms with Crippen molar-refractivity contribution >= 4 is 49.6 Å². The van der Waals surface area contributed by atoms with E-state index in [4.69, 9.17) is 15.7 Å². The van der Waals surface area contributed by atoms with E-state index in [1.807, 2.05) is 55.5 Å². The number of nitrogens with one attached hydrogen (secondary N) is 1. The molecule has 5 aromatic rings. The number of carbonyl (C=O) groups excluding carboxylic acids is 1. The summed E-state index contributed by atoms with van der Waals surface area (Å²) in [5.74, 6) is -0.247. The topological polar surface area (TPSA) is 123 Å². The van der Waals surface area contributed by atoms with Crippen molar-refractivity contribution in [2.75, 3.05) is 24.1 Å². The molecule has 2 aromatic heterocycles. The molecule has 3 N–H and O–H groups in total. The largest absolute Gasteiger partial charge is 0.384 e. The van der Waals surface area contributed by atoms with Crippen LogP contribution < -0.4 is 11.1 Å². The molecular formula is C28H26N6O3S. The van der Waals surface area contributed by atoms with Gasteiger partial charge in [-0.2, -0.15) is 4.31 Å². The van der Waals surface area contributed by atoms with Gasteiger partial charge in [0.25, 0.3) is 5.91 Å². The molecule has 38 heavy (non-hydrogen) atoms. The summed E-state index contributed by atoms with van der Waals surface area (Å²) in [6, 6.07) is 21.3. The van der Waals surface area contributed by atoms with Crippen LogP contribution in [0.4, 0.5) is 11.5 Å². The lowest BCUT2D eigenvalue weighted by molar-refractivity contribution is 0.102. The van der Waals surface area contributed by atoms with E-state index in [0.29, 0.717) is 46.7 Å². The van der Waals surface area contributed by atoms with Crippen molar-refractivity contribution < 1.29 is 13.2 Å². The molecule has 0 radical (unpaired) electrons. The van der Waals surface area contributed by atoms with Crippen molar-refractivity contribution in [3.63, 3.8) is 0 Å². The summed E-state index contributed by atoms with van der Waals surface area (Å²) < 4.78 is 29.2. The number of hydrogen-bond donors (Lipinski definition) is 2. The maximum atomic E-state index is 13.5. The highest BCUT2D eigenvalue weighted by molar-refractivity contribution is 7.89. The molecule has 3 aromatic carbocycles. The van der Waals surface area contributed by atoms with Crippen molar-refractivity contribution in [3.8, 4) is 5.69 Å². The normalized spacial score (nSPS) is 14.3. The van der Waals surface area contributed by atoms with Gasteiger partial charge in [-0.15, -0.1) is 0 Å². The number of sulfonamides is 1. The van der Waals surface area contributed by atoms with E-state index in [0.717, 1.165) is 18.4 Å². The lowest BCUT2D eigenvalue weighted by Gasteiger charge is -2.16. The Balaban J connectivity index is 1.48. The summed E-state index contributed by atoms with van der Waals surface area (Å²) >= 11 is 0. The molecule has 10 heteroatoms. The van der Waals surface area contributed by atoms with Gasteiger partial charge >= 0.3 is 0 Å².